The van der Waals surface area contributed by atoms with Crippen molar-refractivity contribution in [2.75, 3.05) is 31.1 Å². The number of nitrogens with zero attached hydrogens (tertiary/aromatic N) is 3. The van der Waals surface area contributed by atoms with Gasteiger partial charge in [0.1, 0.15) is 0 Å². The average molecular weight is 317 g/mol. The molecule has 0 radical (unpaired) electrons. The van der Waals surface area contributed by atoms with Crippen LogP contribution >= 0.6 is 11.3 Å². The summed E-state index contributed by atoms with van der Waals surface area (Å²) < 4.78 is 1.26. The Bertz CT molecular complexity index is 687. The molecular weight excluding hydrogens is 294 g/mol. The number of rotatable bonds is 3. The van der Waals surface area contributed by atoms with E-state index >= 15 is 0 Å². The molecule has 0 unspecified atom stereocenters. The molecule has 0 N–H and O–H groups in total. The summed E-state index contributed by atoms with van der Waals surface area (Å²) in [4.78, 5) is 21.1. The minimum atomic E-state index is 0.290. The normalized spacial score (nSPS) is 15.6. The molecule has 0 saturated carbocycles. The molecule has 4 nitrogen and oxygen atoms in total. The Hall–Kier alpha value is -1.62. The van der Waals surface area contributed by atoms with Crippen molar-refractivity contribution in [2.24, 2.45) is 0 Å². The Morgan fingerprint density at radius 3 is 2.64 bits per heavy atom. The fourth-order valence-corrected chi connectivity index (χ4v) is 4.21. The van der Waals surface area contributed by atoms with Crippen LogP contribution < -0.4 is 4.90 Å². The third-order valence-electron chi connectivity index (χ3n) is 4.19. The molecule has 5 heteroatoms. The van der Waals surface area contributed by atoms with Crippen molar-refractivity contribution in [3.63, 3.8) is 0 Å². The maximum atomic E-state index is 12.0. The number of hydrogen-bond acceptors (Lipinski definition) is 4. The van der Waals surface area contributed by atoms with Crippen LogP contribution in [0.4, 0.5) is 5.13 Å². The molecule has 0 bridgehead atoms. The summed E-state index contributed by atoms with van der Waals surface area (Å²) in [5, 5.41) is 1.09. The van der Waals surface area contributed by atoms with Crippen LogP contribution in [0.3, 0.4) is 0 Å². The van der Waals surface area contributed by atoms with Gasteiger partial charge in [-0.15, -0.1) is 0 Å². The lowest BCUT2D eigenvalue weighted by Crippen LogP contribution is -2.48. The molecule has 1 fully saturated rings. The van der Waals surface area contributed by atoms with E-state index in [4.69, 9.17) is 4.98 Å². The third kappa shape index (κ3) is 2.95. The molecule has 0 spiro atoms. The van der Waals surface area contributed by atoms with Gasteiger partial charge in [-0.2, -0.15) is 0 Å². The average Bonchev–Trinajstić information content (AvgIpc) is 2.92. The van der Waals surface area contributed by atoms with Crippen LogP contribution in [0.15, 0.2) is 12.1 Å². The lowest BCUT2D eigenvalue weighted by molar-refractivity contribution is -0.131. The Morgan fingerprint density at radius 1 is 1.23 bits per heavy atom. The highest BCUT2D eigenvalue weighted by atomic mass is 32.1. The zero-order chi connectivity index (χ0) is 15.7. The molecule has 0 atom stereocenters. The molecule has 3 rings (SSSR count). The maximum Gasteiger partial charge on any atom is 0.222 e. The molecule has 22 heavy (non-hydrogen) atoms. The fourth-order valence-electron chi connectivity index (χ4n) is 3.01. The number of carbonyl (C=O) groups excluding carboxylic acids is 1. The zero-order valence-corrected chi connectivity index (χ0v) is 14.4. The van der Waals surface area contributed by atoms with Crippen molar-refractivity contribution in [3.05, 3.63) is 23.3 Å². The van der Waals surface area contributed by atoms with Crippen LogP contribution in [0.5, 0.6) is 0 Å². The van der Waals surface area contributed by atoms with Crippen molar-refractivity contribution >= 4 is 32.6 Å². The molecule has 2 aromatic rings. The topological polar surface area (TPSA) is 36.4 Å². The van der Waals surface area contributed by atoms with Crippen molar-refractivity contribution in [3.8, 4) is 0 Å². The first kappa shape index (κ1) is 15.3. The molecule has 1 amide bonds. The molecule has 1 saturated heterocycles. The van der Waals surface area contributed by atoms with Crippen LogP contribution in [0.1, 0.15) is 30.9 Å². The van der Waals surface area contributed by atoms with Crippen molar-refractivity contribution in [2.45, 2.75) is 33.6 Å². The van der Waals surface area contributed by atoms with E-state index in [-0.39, 0.29) is 5.91 Å². The second-order valence-corrected chi connectivity index (χ2v) is 7.05. The van der Waals surface area contributed by atoms with Gasteiger partial charge < -0.3 is 9.80 Å². The highest BCUT2D eigenvalue weighted by Gasteiger charge is 2.22. The zero-order valence-electron chi connectivity index (χ0n) is 13.6. The van der Waals surface area contributed by atoms with Gasteiger partial charge in [0, 0.05) is 32.6 Å². The number of fused-ring (bicyclic) bond motifs is 1. The Kier molecular flexibility index (Phi) is 4.34. The van der Waals surface area contributed by atoms with Gasteiger partial charge in [0.25, 0.3) is 0 Å². The fraction of sp³-hybridized carbons (Fsp3) is 0.529. The van der Waals surface area contributed by atoms with Gasteiger partial charge in [-0.25, -0.2) is 4.98 Å². The second-order valence-electron chi connectivity index (χ2n) is 6.04. The second kappa shape index (κ2) is 6.24. The number of aryl methyl sites for hydroxylation is 2. The maximum absolute atomic E-state index is 12.0. The first-order chi connectivity index (χ1) is 10.6. The lowest BCUT2D eigenvalue weighted by atomic mass is 10.1. The van der Waals surface area contributed by atoms with E-state index in [1.54, 1.807) is 11.3 Å². The van der Waals surface area contributed by atoms with E-state index in [0.29, 0.717) is 6.42 Å². The van der Waals surface area contributed by atoms with Crippen molar-refractivity contribution in [1.82, 2.24) is 9.88 Å². The highest BCUT2D eigenvalue weighted by Crippen LogP contribution is 2.32. The molecule has 0 aliphatic carbocycles. The summed E-state index contributed by atoms with van der Waals surface area (Å²) in [5.74, 6) is 0.290. The van der Waals surface area contributed by atoms with Gasteiger partial charge in [0.05, 0.1) is 10.2 Å². The Morgan fingerprint density at radius 2 is 1.95 bits per heavy atom. The van der Waals surface area contributed by atoms with E-state index in [9.17, 15) is 4.79 Å². The summed E-state index contributed by atoms with van der Waals surface area (Å²) in [6.45, 7) is 9.70. The van der Waals surface area contributed by atoms with Crippen LogP contribution in [0.2, 0.25) is 0 Å². The van der Waals surface area contributed by atoms with E-state index < -0.39 is 0 Å². The standard InChI is InChI=1S/C17H23N3OS/c1-4-5-15(21)19-6-8-20(9-7-19)17-18-16-13(3)10-12(2)11-14(16)22-17/h10-11H,4-9H2,1-3H3. The number of amides is 1. The van der Waals surface area contributed by atoms with E-state index in [2.05, 4.69) is 37.8 Å². The van der Waals surface area contributed by atoms with Crippen LogP contribution in [0.25, 0.3) is 10.2 Å². The van der Waals surface area contributed by atoms with Gasteiger partial charge in [-0.3, -0.25) is 4.79 Å². The van der Waals surface area contributed by atoms with Crippen molar-refractivity contribution in [1.29, 1.82) is 0 Å². The predicted octanol–water partition coefficient (Wildman–Crippen LogP) is 3.36. The molecule has 1 aliphatic heterocycles. The summed E-state index contributed by atoms with van der Waals surface area (Å²) >= 11 is 1.76. The number of benzene rings is 1. The lowest BCUT2D eigenvalue weighted by Gasteiger charge is -2.34. The third-order valence-corrected chi connectivity index (χ3v) is 5.25. The van der Waals surface area contributed by atoms with Crippen molar-refractivity contribution < 1.29 is 4.79 Å². The minimum Gasteiger partial charge on any atom is -0.345 e. The quantitative estimate of drug-likeness (QED) is 0.871. The van der Waals surface area contributed by atoms with Gasteiger partial charge in [0.2, 0.25) is 5.91 Å². The Balaban J connectivity index is 1.74. The molecule has 2 heterocycles. The first-order valence-electron chi connectivity index (χ1n) is 7.99. The minimum absolute atomic E-state index is 0.290. The summed E-state index contributed by atoms with van der Waals surface area (Å²) in [6.07, 6.45) is 1.59. The van der Waals surface area contributed by atoms with E-state index in [1.165, 1.54) is 15.8 Å². The number of carbonyl (C=O) groups is 1. The number of piperazine rings is 1. The van der Waals surface area contributed by atoms with Gasteiger partial charge in [-0.1, -0.05) is 24.3 Å². The van der Waals surface area contributed by atoms with Gasteiger partial charge in [-0.05, 0) is 37.5 Å². The first-order valence-corrected chi connectivity index (χ1v) is 8.80. The van der Waals surface area contributed by atoms with E-state index in [1.807, 2.05) is 4.90 Å². The largest absolute Gasteiger partial charge is 0.345 e. The number of aromatic nitrogens is 1. The Labute approximate surface area is 135 Å². The van der Waals surface area contributed by atoms with Crippen LogP contribution in [-0.4, -0.2) is 42.0 Å². The number of thiazole rings is 1. The van der Waals surface area contributed by atoms with E-state index in [0.717, 1.165) is 43.2 Å². The number of hydrogen-bond donors (Lipinski definition) is 0. The highest BCUT2D eigenvalue weighted by molar-refractivity contribution is 7.22. The van der Waals surface area contributed by atoms with Gasteiger partial charge >= 0.3 is 0 Å². The molecule has 1 aromatic heterocycles. The molecule has 1 aromatic carbocycles. The summed E-state index contributed by atoms with van der Waals surface area (Å²) in [7, 11) is 0. The van der Waals surface area contributed by atoms with Crippen LogP contribution in [-0.2, 0) is 4.79 Å². The number of anilines is 1. The van der Waals surface area contributed by atoms with Crippen LogP contribution in [0, 0.1) is 13.8 Å². The summed E-state index contributed by atoms with van der Waals surface area (Å²) in [5.41, 5.74) is 3.65. The molecule has 118 valence electrons. The SMILES string of the molecule is CCCC(=O)N1CCN(c2nc3c(C)cc(C)cc3s2)CC1. The predicted molar refractivity (Wildman–Crippen MR) is 92.8 cm³/mol. The van der Waals surface area contributed by atoms with Gasteiger partial charge in [0.15, 0.2) is 5.13 Å². The smallest absolute Gasteiger partial charge is 0.222 e. The molecular formula is C17H23N3OS. The monoisotopic (exact) mass is 317 g/mol. The molecule has 1 aliphatic rings. The summed E-state index contributed by atoms with van der Waals surface area (Å²) in [6, 6.07) is 4.40.